The van der Waals surface area contributed by atoms with Crippen LogP contribution in [0.5, 0.6) is 5.75 Å². The predicted molar refractivity (Wildman–Crippen MR) is 91.4 cm³/mol. The van der Waals surface area contributed by atoms with Gasteiger partial charge in [-0.15, -0.1) is 0 Å². The molecule has 6 nitrogen and oxygen atoms in total. The molecule has 2 aromatic heterocycles. The molecule has 1 saturated carbocycles. The van der Waals surface area contributed by atoms with Gasteiger partial charge in [-0.25, -0.2) is 0 Å². The molecule has 1 aromatic carbocycles. The molecule has 0 atom stereocenters. The van der Waals surface area contributed by atoms with Crippen LogP contribution in [0.4, 0.5) is 5.69 Å². The van der Waals surface area contributed by atoms with Crippen LogP contribution in [-0.4, -0.2) is 27.8 Å². The second kappa shape index (κ2) is 5.63. The van der Waals surface area contributed by atoms with E-state index in [1.54, 1.807) is 25.0 Å². The maximum Gasteiger partial charge on any atom is 0.273 e. The Bertz CT molecular complexity index is 928. The van der Waals surface area contributed by atoms with Gasteiger partial charge in [0.1, 0.15) is 11.4 Å². The fraction of sp³-hybridized carbons (Fsp3) is 0.278. The van der Waals surface area contributed by atoms with E-state index < -0.39 is 0 Å². The lowest BCUT2D eigenvalue weighted by atomic mass is 10.2. The standard InChI is InChI=1S/C18H18N4O2/c1-22-17(9-16(21-22)11-3-4-11)18(23)20-13-7-12-5-6-14(24-2)8-15(12)19-10-13/h5-11H,3-4H2,1-2H3,(H,20,23). The van der Waals surface area contributed by atoms with Crippen molar-refractivity contribution in [3.05, 3.63) is 47.9 Å². The number of nitrogens with one attached hydrogen (secondary N) is 1. The Morgan fingerprint density at radius 3 is 2.88 bits per heavy atom. The van der Waals surface area contributed by atoms with Crippen LogP contribution in [0.3, 0.4) is 0 Å². The predicted octanol–water partition coefficient (Wildman–Crippen LogP) is 3.11. The second-order valence-corrected chi connectivity index (χ2v) is 6.09. The van der Waals surface area contributed by atoms with Crippen molar-refractivity contribution in [2.24, 2.45) is 7.05 Å². The highest BCUT2D eigenvalue weighted by atomic mass is 16.5. The third-order valence-electron chi connectivity index (χ3n) is 4.28. The summed E-state index contributed by atoms with van der Waals surface area (Å²) in [5.41, 5.74) is 3.05. The van der Waals surface area contributed by atoms with E-state index in [9.17, 15) is 4.79 Å². The summed E-state index contributed by atoms with van der Waals surface area (Å²) < 4.78 is 6.84. The Morgan fingerprint density at radius 2 is 2.12 bits per heavy atom. The zero-order valence-electron chi connectivity index (χ0n) is 13.6. The molecule has 1 aliphatic carbocycles. The lowest BCUT2D eigenvalue weighted by molar-refractivity contribution is 0.101. The molecule has 3 aromatic rings. The third kappa shape index (κ3) is 2.71. The van der Waals surface area contributed by atoms with Crippen molar-refractivity contribution in [2.45, 2.75) is 18.8 Å². The van der Waals surface area contributed by atoms with Crippen LogP contribution >= 0.6 is 0 Å². The molecule has 1 fully saturated rings. The Hall–Kier alpha value is -2.89. The molecule has 4 rings (SSSR count). The van der Waals surface area contributed by atoms with Gasteiger partial charge in [0.2, 0.25) is 0 Å². The molecule has 0 aliphatic heterocycles. The van der Waals surface area contributed by atoms with E-state index in [0.29, 0.717) is 17.3 Å². The fourth-order valence-corrected chi connectivity index (χ4v) is 2.77. The third-order valence-corrected chi connectivity index (χ3v) is 4.28. The summed E-state index contributed by atoms with van der Waals surface area (Å²) in [6.45, 7) is 0. The van der Waals surface area contributed by atoms with Gasteiger partial charge in [-0.05, 0) is 37.1 Å². The number of methoxy groups -OCH3 is 1. The number of rotatable bonds is 4. The summed E-state index contributed by atoms with van der Waals surface area (Å²) in [4.78, 5) is 16.9. The van der Waals surface area contributed by atoms with Crippen molar-refractivity contribution >= 4 is 22.5 Å². The molecule has 0 spiro atoms. The molecule has 1 N–H and O–H groups in total. The minimum Gasteiger partial charge on any atom is -0.497 e. The maximum absolute atomic E-state index is 12.5. The SMILES string of the molecule is COc1ccc2cc(NC(=O)c3cc(C4CC4)nn3C)cnc2c1. The van der Waals surface area contributed by atoms with Crippen LogP contribution < -0.4 is 10.1 Å². The molecule has 122 valence electrons. The topological polar surface area (TPSA) is 69.0 Å². The normalized spacial score (nSPS) is 13.9. The summed E-state index contributed by atoms with van der Waals surface area (Å²) >= 11 is 0. The number of benzene rings is 1. The van der Waals surface area contributed by atoms with E-state index in [1.165, 1.54) is 0 Å². The molecule has 0 unspecified atom stereocenters. The minimum absolute atomic E-state index is 0.174. The monoisotopic (exact) mass is 322 g/mol. The highest BCUT2D eigenvalue weighted by Gasteiger charge is 2.28. The number of carbonyl (C=O) groups is 1. The first-order valence-electron chi connectivity index (χ1n) is 7.93. The number of aryl methyl sites for hydroxylation is 1. The summed E-state index contributed by atoms with van der Waals surface area (Å²) in [6.07, 6.45) is 3.98. The molecule has 24 heavy (non-hydrogen) atoms. The molecular weight excluding hydrogens is 304 g/mol. The van der Waals surface area contributed by atoms with Crippen LogP contribution in [0.25, 0.3) is 10.9 Å². The van der Waals surface area contributed by atoms with Crippen molar-refractivity contribution in [1.82, 2.24) is 14.8 Å². The van der Waals surface area contributed by atoms with Gasteiger partial charge in [0.15, 0.2) is 0 Å². The highest BCUT2D eigenvalue weighted by Crippen LogP contribution is 2.39. The smallest absolute Gasteiger partial charge is 0.273 e. The Balaban J connectivity index is 1.58. The Labute approximate surface area is 139 Å². The lowest BCUT2D eigenvalue weighted by Gasteiger charge is -2.07. The molecule has 2 heterocycles. The van der Waals surface area contributed by atoms with Crippen molar-refractivity contribution in [3.63, 3.8) is 0 Å². The van der Waals surface area contributed by atoms with Crippen LogP contribution in [0.2, 0.25) is 0 Å². The number of hydrogen-bond donors (Lipinski definition) is 1. The first-order valence-corrected chi connectivity index (χ1v) is 7.93. The van der Waals surface area contributed by atoms with E-state index in [2.05, 4.69) is 15.4 Å². The zero-order chi connectivity index (χ0) is 16.7. The molecule has 6 heteroatoms. The molecule has 0 saturated heterocycles. The number of anilines is 1. The van der Waals surface area contributed by atoms with Gasteiger partial charge in [0.25, 0.3) is 5.91 Å². The molecule has 1 aliphatic rings. The Kier molecular flexibility index (Phi) is 3.45. The molecule has 1 amide bonds. The number of ether oxygens (including phenoxy) is 1. The molecule has 0 radical (unpaired) electrons. The van der Waals surface area contributed by atoms with E-state index in [4.69, 9.17) is 4.74 Å². The number of nitrogens with zero attached hydrogens (tertiary/aromatic N) is 3. The van der Waals surface area contributed by atoms with E-state index in [1.807, 2.05) is 30.3 Å². The minimum atomic E-state index is -0.174. The maximum atomic E-state index is 12.5. The van der Waals surface area contributed by atoms with Crippen LogP contribution in [0.15, 0.2) is 36.5 Å². The summed E-state index contributed by atoms with van der Waals surface area (Å²) in [5, 5.41) is 8.27. The van der Waals surface area contributed by atoms with Crippen molar-refractivity contribution < 1.29 is 9.53 Å². The number of carbonyl (C=O) groups excluding carboxylic acids is 1. The van der Waals surface area contributed by atoms with E-state index in [0.717, 1.165) is 35.2 Å². The van der Waals surface area contributed by atoms with Crippen molar-refractivity contribution in [2.75, 3.05) is 12.4 Å². The van der Waals surface area contributed by atoms with Crippen LogP contribution in [0.1, 0.15) is 34.9 Å². The zero-order valence-corrected chi connectivity index (χ0v) is 13.6. The van der Waals surface area contributed by atoms with Crippen LogP contribution in [0, 0.1) is 0 Å². The van der Waals surface area contributed by atoms with Gasteiger partial charge in [-0.1, -0.05) is 0 Å². The average molecular weight is 322 g/mol. The fourth-order valence-electron chi connectivity index (χ4n) is 2.77. The van der Waals surface area contributed by atoms with Crippen molar-refractivity contribution in [3.8, 4) is 5.75 Å². The number of fused-ring (bicyclic) bond motifs is 1. The first kappa shape index (κ1) is 14.7. The first-order chi connectivity index (χ1) is 11.6. The van der Waals surface area contributed by atoms with Gasteiger partial charge >= 0.3 is 0 Å². The number of hydrogen-bond acceptors (Lipinski definition) is 4. The van der Waals surface area contributed by atoms with Gasteiger partial charge < -0.3 is 10.1 Å². The lowest BCUT2D eigenvalue weighted by Crippen LogP contribution is -2.16. The second-order valence-electron chi connectivity index (χ2n) is 6.09. The summed E-state index contributed by atoms with van der Waals surface area (Å²) in [6, 6.07) is 9.44. The largest absolute Gasteiger partial charge is 0.497 e. The van der Waals surface area contributed by atoms with Gasteiger partial charge in [0, 0.05) is 24.4 Å². The summed E-state index contributed by atoms with van der Waals surface area (Å²) in [5.74, 6) is 1.11. The number of pyridine rings is 1. The quantitative estimate of drug-likeness (QED) is 0.801. The molecule has 0 bridgehead atoms. The van der Waals surface area contributed by atoms with Gasteiger partial charge in [-0.2, -0.15) is 5.10 Å². The summed E-state index contributed by atoms with van der Waals surface area (Å²) in [7, 11) is 3.42. The Morgan fingerprint density at radius 1 is 1.29 bits per heavy atom. The van der Waals surface area contributed by atoms with Gasteiger partial charge in [-0.3, -0.25) is 14.5 Å². The highest BCUT2D eigenvalue weighted by molar-refractivity contribution is 6.03. The van der Waals surface area contributed by atoms with Crippen LogP contribution in [-0.2, 0) is 7.05 Å². The average Bonchev–Trinajstić information content (AvgIpc) is 3.36. The number of aromatic nitrogens is 3. The van der Waals surface area contributed by atoms with E-state index >= 15 is 0 Å². The van der Waals surface area contributed by atoms with E-state index in [-0.39, 0.29) is 5.91 Å². The molecular formula is C18H18N4O2. The van der Waals surface area contributed by atoms with Crippen molar-refractivity contribution in [1.29, 1.82) is 0 Å². The van der Waals surface area contributed by atoms with Gasteiger partial charge in [0.05, 0.1) is 30.2 Å². The number of amides is 1.